The molecule has 1 amide bonds. The fourth-order valence-electron chi connectivity index (χ4n) is 1.07. The molecular weight excluding hydrogens is 278 g/mol. The van der Waals surface area contributed by atoms with E-state index in [1.807, 2.05) is 18.2 Å². The quantitative estimate of drug-likeness (QED) is 0.904. The fraction of sp³-hybridized carbons (Fsp3) is 0.300. The maximum atomic E-state index is 10.5. The lowest BCUT2D eigenvalue weighted by Gasteiger charge is -2.05. The first-order chi connectivity index (χ1) is 7.13. The Morgan fingerprint density at radius 3 is 2.87 bits per heavy atom. The Balaban J connectivity index is 2.55. The van der Waals surface area contributed by atoms with Crippen LogP contribution in [0.5, 0.6) is 5.75 Å². The van der Waals surface area contributed by atoms with Crippen molar-refractivity contribution in [3.05, 3.63) is 28.2 Å². The van der Waals surface area contributed by atoms with E-state index in [1.54, 1.807) is 7.11 Å². The molecule has 82 valence electrons. The van der Waals surface area contributed by atoms with Gasteiger partial charge in [0.15, 0.2) is 0 Å². The molecular formula is C10H12BrNO2S. The van der Waals surface area contributed by atoms with E-state index in [0.717, 1.165) is 21.5 Å². The third-order valence-electron chi connectivity index (χ3n) is 1.73. The normalized spacial score (nSPS) is 10.0. The number of nitrogens with two attached hydrogens (primary N) is 1. The number of ether oxygens (including phenoxy) is 1. The largest absolute Gasteiger partial charge is 0.496 e. The van der Waals surface area contributed by atoms with Crippen LogP contribution in [0.15, 0.2) is 22.7 Å². The van der Waals surface area contributed by atoms with Crippen molar-refractivity contribution in [1.82, 2.24) is 0 Å². The number of halogens is 1. The summed E-state index contributed by atoms with van der Waals surface area (Å²) < 4.78 is 6.03. The van der Waals surface area contributed by atoms with E-state index in [-0.39, 0.29) is 5.91 Å². The number of methoxy groups -OCH3 is 1. The highest BCUT2D eigenvalue weighted by Gasteiger charge is 2.02. The summed E-state index contributed by atoms with van der Waals surface area (Å²) in [6, 6.07) is 5.84. The van der Waals surface area contributed by atoms with Gasteiger partial charge in [0, 0.05) is 5.75 Å². The van der Waals surface area contributed by atoms with Crippen LogP contribution in [-0.2, 0) is 10.5 Å². The summed E-state index contributed by atoms with van der Waals surface area (Å²) in [6.07, 6.45) is 0. The van der Waals surface area contributed by atoms with E-state index in [0.29, 0.717) is 5.75 Å². The first-order valence-corrected chi connectivity index (χ1v) is 6.26. The zero-order valence-electron chi connectivity index (χ0n) is 8.33. The van der Waals surface area contributed by atoms with E-state index < -0.39 is 0 Å². The molecule has 0 atom stereocenters. The van der Waals surface area contributed by atoms with Crippen molar-refractivity contribution < 1.29 is 9.53 Å². The minimum Gasteiger partial charge on any atom is -0.496 e. The lowest BCUT2D eigenvalue weighted by Crippen LogP contribution is -2.13. The summed E-state index contributed by atoms with van der Waals surface area (Å²) in [5.41, 5.74) is 6.18. The molecule has 0 saturated heterocycles. The van der Waals surface area contributed by atoms with Crippen LogP contribution < -0.4 is 10.5 Å². The van der Waals surface area contributed by atoms with Crippen molar-refractivity contribution in [2.24, 2.45) is 5.73 Å². The number of rotatable bonds is 5. The first-order valence-electron chi connectivity index (χ1n) is 4.32. The summed E-state index contributed by atoms with van der Waals surface area (Å²) in [5, 5.41) is 0. The molecule has 0 aromatic heterocycles. The second-order valence-corrected chi connectivity index (χ2v) is 4.77. The Bertz CT molecular complexity index is 357. The molecule has 1 rings (SSSR count). The van der Waals surface area contributed by atoms with Crippen LogP contribution in [0, 0.1) is 0 Å². The highest BCUT2D eigenvalue weighted by atomic mass is 79.9. The molecule has 1 aromatic carbocycles. The smallest absolute Gasteiger partial charge is 0.227 e. The van der Waals surface area contributed by atoms with Crippen LogP contribution in [0.1, 0.15) is 5.56 Å². The molecule has 0 fully saturated rings. The molecule has 0 aliphatic heterocycles. The van der Waals surface area contributed by atoms with Gasteiger partial charge in [-0.25, -0.2) is 0 Å². The molecule has 5 heteroatoms. The lowest BCUT2D eigenvalue weighted by molar-refractivity contribution is -0.115. The van der Waals surface area contributed by atoms with Crippen molar-refractivity contribution in [2.45, 2.75) is 5.75 Å². The van der Waals surface area contributed by atoms with E-state index in [2.05, 4.69) is 15.9 Å². The maximum absolute atomic E-state index is 10.5. The summed E-state index contributed by atoms with van der Waals surface area (Å²) >= 11 is 4.90. The van der Waals surface area contributed by atoms with Gasteiger partial charge in [0.1, 0.15) is 5.75 Å². The second-order valence-electron chi connectivity index (χ2n) is 2.93. The molecule has 1 aromatic rings. The number of hydrogen-bond acceptors (Lipinski definition) is 3. The van der Waals surface area contributed by atoms with Gasteiger partial charge in [-0.05, 0) is 33.6 Å². The minimum absolute atomic E-state index is 0.285. The lowest BCUT2D eigenvalue weighted by atomic mass is 10.2. The van der Waals surface area contributed by atoms with Gasteiger partial charge in [-0.2, -0.15) is 0 Å². The van der Waals surface area contributed by atoms with Gasteiger partial charge in [0.2, 0.25) is 5.91 Å². The molecule has 2 N–H and O–H groups in total. The Hall–Kier alpha value is -0.680. The van der Waals surface area contributed by atoms with Crippen LogP contribution in [-0.4, -0.2) is 18.8 Å². The molecule has 0 bridgehead atoms. The molecule has 0 unspecified atom stereocenters. The molecule has 0 saturated carbocycles. The Kier molecular flexibility index (Phi) is 4.98. The van der Waals surface area contributed by atoms with Gasteiger partial charge < -0.3 is 10.5 Å². The molecule has 0 aliphatic carbocycles. The molecule has 0 heterocycles. The summed E-state index contributed by atoms with van der Waals surface area (Å²) in [6.45, 7) is 0. The van der Waals surface area contributed by atoms with Crippen LogP contribution in [0.4, 0.5) is 0 Å². The average Bonchev–Trinajstić information content (AvgIpc) is 2.17. The van der Waals surface area contributed by atoms with Gasteiger partial charge in [-0.1, -0.05) is 6.07 Å². The van der Waals surface area contributed by atoms with Crippen molar-refractivity contribution in [1.29, 1.82) is 0 Å². The number of benzene rings is 1. The van der Waals surface area contributed by atoms with Crippen LogP contribution in [0.2, 0.25) is 0 Å². The SMILES string of the molecule is COc1ccc(CSCC(N)=O)cc1Br. The van der Waals surface area contributed by atoms with E-state index in [9.17, 15) is 4.79 Å². The van der Waals surface area contributed by atoms with Crippen LogP contribution in [0.3, 0.4) is 0 Å². The predicted molar refractivity (Wildman–Crippen MR) is 66.1 cm³/mol. The predicted octanol–water partition coefficient (Wildman–Crippen LogP) is 2.18. The Morgan fingerprint density at radius 1 is 1.60 bits per heavy atom. The number of carbonyl (C=O) groups is 1. The van der Waals surface area contributed by atoms with Gasteiger partial charge in [-0.15, -0.1) is 11.8 Å². The molecule has 15 heavy (non-hydrogen) atoms. The Morgan fingerprint density at radius 2 is 2.33 bits per heavy atom. The number of hydrogen-bond donors (Lipinski definition) is 1. The molecule has 0 radical (unpaired) electrons. The minimum atomic E-state index is -0.285. The third-order valence-corrected chi connectivity index (χ3v) is 3.38. The van der Waals surface area contributed by atoms with Gasteiger partial charge in [0.05, 0.1) is 17.3 Å². The second kappa shape index (κ2) is 6.02. The van der Waals surface area contributed by atoms with Gasteiger partial charge >= 0.3 is 0 Å². The molecule has 0 aliphatic rings. The van der Waals surface area contributed by atoms with Crippen LogP contribution >= 0.6 is 27.7 Å². The van der Waals surface area contributed by atoms with Crippen molar-refractivity contribution in [2.75, 3.05) is 12.9 Å². The van der Waals surface area contributed by atoms with Gasteiger partial charge in [0.25, 0.3) is 0 Å². The summed E-state index contributed by atoms with van der Waals surface area (Å²) in [7, 11) is 1.63. The standard InChI is InChI=1S/C10H12BrNO2S/c1-14-9-3-2-7(4-8(9)11)5-15-6-10(12)13/h2-4H,5-6H2,1H3,(H2,12,13). The Labute approximate surface area is 101 Å². The number of thioether (sulfide) groups is 1. The monoisotopic (exact) mass is 289 g/mol. The van der Waals surface area contributed by atoms with E-state index in [4.69, 9.17) is 10.5 Å². The summed E-state index contributed by atoms with van der Waals surface area (Å²) in [5.74, 6) is 1.64. The van der Waals surface area contributed by atoms with Crippen molar-refractivity contribution in [3.63, 3.8) is 0 Å². The molecule has 0 spiro atoms. The van der Waals surface area contributed by atoms with Crippen molar-refractivity contribution >= 4 is 33.6 Å². The molecule has 3 nitrogen and oxygen atoms in total. The highest BCUT2D eigenvalue weighted by molar-refractivity contribution is 9.10. The zero-order chi connectivity index (χ0) is 11.3. The maximum Gasteiger partial charge on any atom is 0.227 e. The first kappa shape index (κ1) is 12.4. The van der Waals surface area contributed by atoms with E-state index in [1.165, 1.54) is 11.8 Å². The average molecular weight is 290 g/mol. The van der Waals surface area contributed by atoms with E-state index >= 15 is 0 Å². The van der Waals surface area contributed by atoms with Gasteiger partial charge in [-0.3, -0.25) is 4.79 Å². The van der Waals surface area contributed by atoms with Crippen molar-refractivity contribution in [3.8, 4) is 5.75 Å². The van der Waals surface area contributed by atoms with Crippen LogP contribution in [0.25, 0.3) is 0 Å². The number of carbonyl (C=O) groups excluding carboxylic acids is 1. The number of primary amides is 1. The summed E-state index contributed by atoms with van der Waals surface area (Å²) in [4.78, 5) is 10.5. The zero-order valence-corrected chi connectivity index (χ0v) is 10.7. The third kappa shape index (κ3) is 4.13. The fourth-order valence-corrected chi connectivity index (χ4v) is 2.38. The highest BCUT2D eigenvalue weighted by Crippen LogP contribution is 2.26. The number of amides is 1. The topological polar surface area (TPSA) is 52.3 Å².